The highest BCUT2D eigenvalue weighted by molar-refractivity contribution is 6.69. The average molecular weight is 287 g/mol. The third-order valence-electron chi connectivity index (χ3n) is 2.90. The van der Waals surface area contributed by atoms with Crippen LogP contribution in [0.1, 0.15) is 31.7 Å². The summed E-state index contributed by atoms with van der Waals surface area (Å²) in [5, 5.41) is 0. The van der Waals surface area contributed by atoms with Crippen LogP contribution in [0.3, 0.4) is 0 Å². The van der Waals surface area contributed by atoms with E-state index in [0.29, 0.717) is 0 Å². The van der Waals surface area contributed by atoms with Crippen LogP contribution in [-0.2, 0) is 4.43 Å². The predicted molar refractivity (Wildman–Crippen MR) is 88.8 cm³/mol. The zero-order chi connectivity index (χ0) is 15.1. The Morgan fingerprint density at radius 2 is 1.90 bits per heavy atom. The Bertz CT molecular complexity index is 470. The van der Waals surface area contributed by atoms with E-state index in [1.54, 1.807) is 0 Å². The van der Waals surface area contributed by atoms with Crippen LogP contribution in [0.2, 0.25) is 19.6 Å². The van der Waals surface area contributed by atoms with Gasteiger partial charge in [-0.1, -0.05) is 43.7 Å². The molecule has 0 aromatic heterocycles. The molecule has 3 heteroatoms. The first-order chi connectivity index (χ1) is 9.41. The zero-order valence-electron chi connectivity index (χ0n) is 13.0. The van der Waals surface area contributed by atoms with Crippen LogP contribution in [0, 0.1) is 6.57 Å². The molecule has 0 saturated heterocycles. The largest absolute Gasteiger partial charge is 0.348 e. The lowest BCUT2D eigenvalue weighted by atomic mass is 10.0. The number of hydrogen-bond donors (Lipinski definition) is 0. The van der Waals surface area contributed by atoms with E-state index in [0.717, 1.165) is 24.8 Å². The molecule has 0 bridgehead atoms. The second kappa shape index (κ2) is 7.42. The third kappa shape index (κ3) is 5.73. The van der Waals surface area contributed by atoms with E-state index in [2.05, 4.69) is 31.4 Å². The molecule has 2 nitrogen and oxygen atoms in total. The molecule has 0 heterocycles. The number of benzene rings is 1. The molecule has 0 aliphatic carbocycles. The lowest BCUT2D eigenvalue weighted by molar-refractivity contribution is 0.147. The molecule has 0 aliphatic heterocycles. The fourth-order valence-electron chi connectivity index (χ4n) is 2.04. The summed E-state index contributed by atoms with van der Waals surface area (Å²) in [6.07, 6.45) is 6.80. The second-order valence-electron chi connectivity index (χ2n) is 6.02. The maximum atomic E-state index is 7.60. The summed E-state index contributed by atoms with van der Waals surface area (Å²) < 4.78 is 6.20. The van der Waals surface area contributed by atoms with Crippen LogP contribution < -0.4 is 0 Å². The Labute approximate surface area is 124 Å². The van der Waals surface area contributed by atoms with Crippen molar-refractivity contribution in [2.45, 2.75) is 51.6 Å². The van der Waals surface area contributed by atoms with Gasteiger partial charge in [-0.2, -0.15) is 0 Å². The quantitative estimate of drug-likeness (QED) is 0.486. The Kier molecular flexibility index (Phi) is 6.19. The van der Waals surface area contributed by atoms with Gasteiger partial charge in [-0.3, -0.25) is 4.85 Å². The first kappa shape index (κ1) is 16.7. The molecule has 0 saturated carbocycles. The molecule has 1 aromatic carbocycles. The highest BCUT2D eigenvalue weighted by atomic mass is 28.4. The van der Waals surface area contributed by atoms with E-state index >= 15 is 0 Å². The van der Waals surface area contributed by atoms with Crippen molar-refractivity contribution >= 4 is 14.4 Å². The van der Waals surface area contributed by atoms with Crippen LogP contribution >= 0.6 is 0 Å². The van der Waals surface area contributed by atoms with Gasteiger partial charge in [0.2, 0.25) is 0 Å². The van der Waals surface area contributed by atoms with Gasteiger partial charge in [0.25, 0.3) is 0 Å². The molecular formula is C17H25NOSi. The maximum absolute atomic E-state index is 7.60. The van der Waals surface area contributed by atoms with Crippen LogP contribution in [0.4, 0.5) is 0 Å². The van der Waals surface area contributed by atoms with E-state index in [9.17, 15) is 0 Å². The van der Waals surface area contributed by atoms with Gasteiger partial charge in [-0.15, -0.1) is 0 Å². The fraction of sp³-hybridized carbons (Fsp3) is 0.471. The fourth-order valence-corrected chi connectivity index (χ4v) is 3.31. The summed E-state index contributed by atoms with van der Waals surface area (Å²) in [5.41, 5.74) is 0.312. The normalized spacial score (nSPS) is 14.9. The average Bonchev–Trinajstić information content (AvgIpc) is 2.42. The standard InChI is InChI=1S/C17H25NOSi/c1-6-7-14-17(18-2,19-20(3,4)5)15-13-16-11-9-8-10-12-16/h8-13,15H,6-7,14H2,1,3-5H3/b15-13+. The monoisotopic (exact) mass is 287 g/mol. The van der Waals surface area contributed by atoms with E-state index < -0.39 is 14.0 Å². The third-order valence-corrected chi connectivity index (χ3v) is 3.86. The van der Waals surface area contributed by atoms with Gasteiger partial charge in [0.1, 0.15) is 0 Å². The minimum Gasteiger partial charge on any atom is -0.348 e. The topological polar surface area (TPSA) is 13.6 Å². The van der Waals surface area contributed by atoms with Gasteiger partial charge in [0, 0.05) is 6.08 Å². The minimum atomic E-state index is -1.77. The molecule has 1 unspecified atom stereocenters. The van der Waals surface area contributed by atoms with E-state index in [1.165, 1.54) is 0 Å². The highest BCUT2D eigenvalue weighted by Crippen LogP contribution is 2.28. The highest BCUT2D eigenvalue weighted by Gasteiger charge is 2.39. The molecule has 0 amide bonds. The van der Waals surface area contributed by atoms with Crippen molar-refractivity contribution in [2.75, 3.05) is 0 Å². The Hall–Kier alpha value is -1.37. The van der Waals surface area contributed by atoms with Gasteiger partial charge >= 0.3 is 5.72 Å². The molecular weight excluding hydrogens is 262 g/mol. The van der Waals surface area contributed by atoms with Gasteiger partial charge in [0.05, 0.1) is 6.42 Å². The molecule has 0 radical (unpaired) electrons. The second-order valence-corrected chi connectivity index (χ2v) is 10.4. The summed E-state index contributed by atoms with van der Waals surface area (Å²) in [7, 11) is -1.77. The zero-order valence-corrected chi connectivity index (χ0v) is 14.0. The van der Waals surface area contributed by atoms with E-state index in [1.807, 2.05) is 42.5 Å². The Morgan fingerprint density at radius 1 is 1.25 bits per heavy atom. The van der Waals surface area contributed by atoms with Crippen molar-refractivity contribution in [2.24, 2.45) is 0 Å². The van der Waals surface area contributed by atoms with Crippen LogP contribution in [-0.4, -0.2) is 14.0 Å². The molecule has 20 heavy (non-hydrogen) atoms. The van der Waals surface area contributed by atoms with Gasteiger partial charge in [-0.25, -0.2) is 6.57 Å². The first-order valence-corrected chi connectivity index (χ1v) is 10.6. The number of unbranched alkanes of at least 4 members (excludes halogenated alkanes) is 1. The van der Waals surface area contributed by atoms with Crippen molar-refractivity contribution in [1.29, 1.82) is 0 Å². The van der Waals surface area contributed by atoms with Crippen molar-refractivity contribution in [1.82, 2.24) is 0 Å². The lowest BCUT2D eigenvalue weighted by Crippen LogP contribution is -2.39. The molecule has 1 aromatic rings. The minimum absolute atomic E-state index is 0.764. The van der Waals surface area contributed by atoms with Crippen molar-refractivity contribution in [3.05, 3.63) is 53.4 Å². The van der Waals surface area contributed by atoms with E-state index in [-0.39, 0.29) is 0 Å². The van der Waals surface area contributed by atoms with Crippen LogP contribution in [0.15, 0.2) is 36.4 Å². The molecule has 1 rings (SSSR count). The molecule has 1 atom stereocenters. The molecule has 0 aliphatic rings. The molecule has 0 N–H and O–H groups in total. The molecule has 0 spiro atoms. The maximum Gasteiger partial charge on any atom is 0.348 e. The van der Waals surface area contributed by atoms with Crippen molar-refractivity contribution in [3.8, 4) is 0 Å². The lowest BCUT2D eigenvalue weighted by Gasteiger charge is -2.27. The number of hydrogen-bond acceptors (Lipinski definition) is 1. The summed E-state index contributed by atoms with van der Waals surface area (Å²) >= 11 is 0. The van der Waals surface area contributed by atoms with Crippen molar-refractivity contribution < 1.29 is 4.43 Å². The van der Waals surface area contributed by atoms with Crippen molar-refractivity contribution in [3.63, 3.8) is 0 Å². The summed E-state index contributed by atoms with van der Waals surface area (Å²) in [4.78, 5) is 3.83. The number of nitrogens with zero attached hydrogens (tertiary/aromatic N) is 1. The summed E-state index contributed by atoms with van der Waals surface area (Å²) in [6, 6.07) is 10.1. The molecule has 108 valence electrons. The van der Waals surface area contributed by atoms with Gasteiger partial charge in [0.15, 0.2) is 8.32 Å². The van der Waals surface area contributed by atoms with Crippen LogP contribution in [0.25, 0.3) is 10.9 Å². The van der Waals surface area contributed by atoms with Gasteiger partial charge < -0.3 is 4.43 Å². The van der Waals surface area contributed by atoms with Gasteiger partial charge in [-0.05, 0) is 37.7 Å². The summed E-state index contributed by atoms with van der Waals surface area (Å²) in [5.74, 6) is 0. The first-order valence-electron chi connectivity index (χ1n) is 7.24. The Balaban J connectivity index is 2.97. The SMILES string of the molecule is [C-]#[N+]C(/C=C/c1ccccc1)(CCCC)O[Si](C)(C)C. The summed E-state index contributed by atoms with van der Waals surface area (Å²) in [6.45, 7) is 16.1. The predicted octanol–water partition coefficient (Wildman–Crippen LogP) is 5.36. The Morgan fingerprint density at radius 3 is 2.40 bits per heavy atom. The smallest absolute Gasteiger partial charge is 0.348 e. The molecule has 0 fully saturated rings. The number of rotatable bonds is 7. The van der Waals surface area contributed by atoms with Crippen LogP contribution in [0.5, 0.6) is 0 Å². The van der Waals surface area contributed by atoms with E-state index in [4.69, 9.17) is 11.0 Å².